The van der Waals surface area contributed by atoms with Crippen LogP contribution in [0.2, 0.25) is 0 Å². The van der Waals surface area contributed by atoms with Crippen LogP contribution in [0.1, 0.15) is 29.6 Å². The summed E-state index contributed by atoms with van der Waals surface area (Å²) in [7, 11) is 0. The smallest absolute Gasteiger partial charge is 0.150 e. The van der Waals surface area contributed by atoms with Crippen LogP contribution in [0.3, 0.4) is 0 Å². The van der Waals surface area contributed by atoms with Gasteiger partial charge in [-0.2, -0.15) is 0 Å². The standard InChI is InChI=1S/C10H10N2.C7H6O.C7H10/c11-9-5-1-3-7-8(9)4-2-6-10(7)12;8-6-7-4-2-1-3-5-7;1-2-7-4-3-6(1)5-7/h1-6H,11-12H2;1-6H;1-2,6-7H,3-5H2. The van der Waals surface area contributed by atoms with Gasteiger partial charge in [0.15, 0.2) is 0 Å². The zero-order valence-corrected chi connectivity index (χ0v) is 15.4. The molecule has 2 bridgehead atoms. The van der Waals surface area contributed by atoms with Gasteiger partial charge in [-0.3, -0.25) is 4.79 Å². The minimum absolute atomic E-state index is 0.729. The number of hydrogen-bond donors (Lipinski definition) is 2. The molecule has 1 saturated carbocycles. The average Bonchev–Trinajstić information content (AvgIpc) is 3.37. The van der Waals surface area contributed by atoms with E-state index in [1.807, 2.05) is 54.6 Å². The molecule has 0 amide bonds. The maximum atomic E-state index is 10.0. The molecule has 1 fully saturated rings. The van der Waals surface area contributed by atoms with Crippen LogP contribution in [-0.2, 0) is 0 Å². The molecule has 27 heavy (non-hydrogen) atoms. The Morgan fingerprint density at radius 3 is 1.56 bits per heavy atom. The average molecular weight is 358 g/mol. The lowest BCUT2D eigenvalue weighted by atomic mass is 10.1. The zero-order chi connectivity index (χ0) is 19.1. The number of carbonyl (C=O) groups excluding carboxylic acids is 1. The molecule has 4 N–H and O–H groups in total. The lowest BCUT2D eigenvalue weighted by Crippen LogP contribution is -1.90. The molecular weight excluding hydrogens is 332 g/mol. The van der Waals surface area contributed by atoms with Crippen molar-refractivity contribution in [3.8, 4) is 0 Å². The van der Waals surface area contributed by atoms with Crippen molar-refractivity contribution in [2.24, 2.45) is 11.8 Å². The molecule has 3 aromatic carbocycles. The Morgan fingerprint density at radius 2 is 1.22 bits per heavy atom. The highest BCUT2D eigenvalue weighted by atomic mass is 16.1. The topological polar surface area (TPSA) is 69.1 Å². The second-order valence-corrected chi connectivity index (χ2v) is 7.04. The van der Waals surface area contributed by atoms with E-state index in [1.54, 1.807) is 12.1 Å². The van der Waals surface area contributed by atoms with Crippen molar-refractivity contribution in [1.82, 2.24) is 0 Å². The lowest BCUT2D eigenvalue weighted by molar-refractivity contribution is 0.112. The van der Waals surface area contributed by atoms with Crippen LogP contribution in [0.25, 0.3) is 10.8 Å². The third-order valence-electron chi connectivity index (χ3n) is 5.09. The van der Waals surface area contributed by atoms with Crippen LogP contribution in [0.5, 0.6) is 0 Å². The van der Waals surface area contributed by atoms with Gasteiger partial charge in [0.25, 0.3) is 0 Å². The molecular formula is C24H26N2O. The Kier molecular flexibility index (Phi) is 6.26. The third kappa shape index (κ3) is 4.98. The van der Waals surface area contributed by atoms with E-state index in [-0.39, 0.29) is 0 Å². The maximum Gasteiger partial charge on any atom is 0.150 e. The van der Waals surface area contributed by atoms with Gasteiger partial charge in [-0.25, -0.2) is 0 Å². The number of aldehydes is 1. The second-order valence-electron chi connectivity index (χ2n) is 7.04. The molecule has 2 aliphatic carbocycles. The van der Waals surface area contributed by atoms with Gasteiger partial charge in [0.2, 0.25) is 0 Å². The molecule has 3 nitrogen and oxygen atoms in total. The van der Waals surface area contributed by atoms with Crippen LogP contribution in [0.15, 0.2) is 78.9 Å². The number of benzene rings is 3. The van der Waals surface area contributed by atoms with E-state index in [2.05, 4.69) is 12.2 Å². The van der Waals surface area contributed by atoms with Gasteiger partial charge in [-0.05, 0) is 43.2 Å². The minimum atomic E-state index is 0.729. The summed E-state index contributed by atoms with van der Waals surface area (Å²) in [6, 6.07) is 20.6. The van der Waals surface area contributed by atoms with Gasteiger partial charge in [0, 0.05) is 27.7 Å². The van der Waals surface area contributed by atoms with Crippen molar-refractivity contribution in [2.75, 3.05) is 11.5 Å². The van der Waals surface area contributed by atoms with Crippen LogP contribution in [0.4, 0.5) is 11.4 Å². The summed E-state index contributed by atoms with van der Waals surface area (Å²) in [4.78, 5) is 10.0. The predicted molar refractivity (Wildman–Crippen MR) is 115 cm³/mol. The Morgan fingerprint density at radius 1 is 0.704 bits per heavy atom. The fourth-order valence-corrected chi connectivity index (χ4v) is 3.61. The summed E-state index contributed by atoms with van der Waals surface area (Å²) in [5, 5.41) is 2.05. The van der Waals surface area contributed by atoms with E-state index in [4.69, 9.17) is 11.5 Å². The van der Waals surface area contributed by atoms with Crippen molar-refractivity contribution in [1.29, 1.82) is 0 Å². The first-order chi connectivity index (χ1) is 13.2. The highest BCUT2D eigenvalue weighted by Gasteiger charge is 2.25. The zero-order valence-electron chi connectivity index (χ0n) is 15.4. The monoisotopic (exact) mass is 358 g/mol. The highest BCUT2D eigenvalue weighted by molar-refractivity contribution is 5.99. The largest absolute Gasteiger partial charge is 0.398 e. The molecule has 138 valence electrons. The molecule has 0 aliphatic heterocycles. The number of nitrogen functional groups attached to an aromatic ring is 2. The van der Waals surface area contributed by atoms with E-state index in [9.17, 15) is 4.79 Å². The van der Waals surface area contributed by atoms with Gasteiger partial charge < -0.3 is 11.5 Å². The van der Waals surface area contributed by atoms with Crippen LogP contribution < -0.4 is 11.5 Å². The molecule has 0 heterocycles. The molecule has 0 saturated heterocycles. The first-order valence-electron chi connectivity index (χ1n) is 9.38. The summed E-state index contributed by atoms with van der Waals surface area (Å²) >= 11 is 0. The van der Waals surface area contributed by atoms with Crippen molar-refractivity contribution < 1.29 is 4.79 Å². The third-order valence-corrected chi connectivity index (χ3v) is 5.09. The Labute approximate surface area is 160 Å². The van der Waals surface area contributed by atoms with Gasteiger partial charge in [-0.1, -0.05) is 66.7 Å². The summed E-state index contributed by atoms with van der Waals surface area (Å²) < 4.78 is 0. The van der Waals surface area contributed by atoms with Gasteiger partial charge in [0.05, 0.1) is 0 Å². The van der Waals surface area contributed by atoms with Crippen LogP contribution in [-0.4, -0.2) is 6.29 Å². The first kappa shape index (κ1) is 18.7. The van der Waals surface area contributed by atoms with Gasteiger partial charge in [0.1, 0.15) is 6.29 Å². The Bertz CT molecular complexity index is 865. The summed E-state index contributed by atoms with van der Waals surface area (Å²) in [5.74, 6) is 1.98. The summed E-state index contributed by atoms with van der Waals surface area (Å²) in [6.45, 7) is 0. The van der Waals surface area contributed by atoms with Crippen molar-refractivity contribution >= 4 is 28.4 Å². The van der Waals surface area contributed by atoms with Gasteiger partial charge >= 0.3 is 0 Å². The highest BCUT2D eigenvalue weighted by Crippen LogP contribution is 2.38. The molecule has 5 rings (SSSR count). The number of fused-ring (bicyclic) bond motifs is 3. The lowest BCUT2D eigenvalue weighted by Gasteiger charge is -2.03. The quantitative estimate of drug-likeness (QED) is 0.344. The Balaban J connectivity index is 0.000000122. The minimum Gasteiger partial charge on any atom is -0.398 e. The van der Waals surface area contributed by atoms with E-state index in [0.717, 1.165) is 45.8 Å². The van der Waals surface area contributed by atoms with E-state index in [1.165, 1.54) is 19.3 Å². The maximum absolute atomic E-state index is 10.0. The van der Waals surface area contributed by atoms with E-state index < -0.39 is 0 Å². The van der Waals surface area contributed by atoms with Crippen molar-refractivity contribution in [3.63, 3.8) is 0 Å². The fourth-order valence-electron chi connectivity index (χ4n) is 3.61. The molecule has 0 radical (unpaired) electrons. The molecule has 2 unspecified atom stereocenters. The SMILES string of the molecule is C1=CC2CCC1C2.Nc1cccc2c(N)cccc12.O=Cc1ccccc1. The number of anilines is 2. The van der Waals surface area contributed by atoms with Crippen molar-refractivity contribution in [3.05, 3.63) is 84.4 Å². The normalized spacial score (nSPS) is 19.0. The van der Waals surface area contributed by atoms with Crippen LogP contribution >= 0.6 is 0 Å². The van der Waals surface area contributed by atoms with Crippen LogP contribution in [0, 0.1) is 11.8 Å². The number of carbonyl (C=O) groups is 1. The van der Waals surface area contributed by atoms with E-state index >= 15 is 0 Å². The summed E-state index contributed by atoms with van der Waals surface area (Å²) in [6.07, 6.45) is 10.0. The molecule has 2 aliphatic rings. The van der Waals surface area contributed by atoms with E-state index in [0.29, 0.717) is 0 Å². The number of hydrogen-bond acceptors (Lipinski definition) is 3. The molecule has 3 aromatic rings. The van der Waals surface area contributed by atoms with Gasteiger partial charge in [-0.15, -0.1) is 0 Å². The predicted octanol–water partition coefficient (Wildman–Crippen LogP) is 5.48. The molecule has 0 spiro atoms. The first-order valence-corrected chi connectivity index (χ1v) is 9.38. The number of nitrogens with two attached hydrogens (primary N) is 2. The number of allylic oxidation sites excluding steroid dienone is 2. The molecule has 2 atom stereocenters. The summed E-state index contributed by atoms with van der Waals surface area (Å²) in [5.41, 5.74) is 13.8. The number of rotatable bonds is 1. The second kappa shape index (κ2) is 9.04. The molecule has 0 aromatic heterocycles. The molecule has 3 heteroatoms. The van der Waals surface area contributed by atoms with Crippen molar-refractivity contribution in [2.45, 2.75) is 19.3 Å². The fraction of sp³-hybridized carbons (Fsp3) is 0.208. The Hall–Kier alpha value is -3.07.